The number of anilines is 1. The number of hydrogen-bond donors (Lipinski definition) is 1. The third-order valence-corrected chi connectivity index (χ3v) is 3.55. The molecule has 0 fully saturated rings. The predicted octanol–water partition coefficient (Wildman–Crippen LogP) is 2.19. The Morgan fingerprint density at radius 3 is 3.00 bits per heavy atom. The van der Waals surface area contributed by atoms with Crippen LogP contribution in [0.5, 0.6) is 0 Å². The second kappa shape index (κ2) is 6.16. The highest BCUT2D eigenvalue weighted by Crippen LogP contribution is 2.20. The van der Waals surface area contributed by atoms with Crippen molar-refractivity contribution in [3.8, 4) is 0 Å². The Bertz CT molecular complexity index is 580. The van der Waals surface area contributed by atoms with E-state index in [1.807, 2.05) is 0 Å². The third kappa shape index (κ3) is 3.78. The molecule has 6 heteroatoms. The van der Waals surface area contributed by atoms with Gasteiger partial charge in [0.2, 0.25) is 0 Å². The summed E-state index contributed by atoms with van der Waals surface area (Å²) in [5.41, 5.74) is 7.48. The lowest BCUT2D eigenvalue weighted by atomic mass is 10.2. The molecule has 1 unspecified atom stereocenters. The van der Waals surface area contributed by atoms with Crippen LogP contribution in [0.2, 0.25) is 0 Å². The van der Waals surface area contributed by atoms with E-state index in [4.69, 9.17) is 14.9 Å². The molecule has 2 N–H and O–H groups in total. The summed E-state index contributed by atoms with van der Waals surface area (Å²) in [6.07, 6.45) is 0. The summed E-state index contributed by atoms with van der Waals surface area (Å²) in [4.78, 5) is 4.19. The molecule has 2 rings (SSSR count). The predicted molar refractivity (Wildman–Crippen MR) is 75.4 cm³/mol. The molecule has 0 radical (unpaired) electrons. The van der Waals surface area contributed by atoms with E-state index in [0.29, 0.717) is 41.7 Å². The quantitative estimate of drug-likeness (QED) is 0.649. The molecule has 5 nitrogen and oxygen atoms in total. The number of aromatic nitrogens is 1. The first-order valence-electron chi connectivity index (χ1n) is 6.18. The van der Waals surface area contributed by atoms with E-state index in [1.165, 1.54) is 0 Å². The van der Waals surface area contributed by atoms with Gasteiger partial charge in [0.05, 0.1) is 12.4 Å². The van der Waals surface area contributed by atoms with Gasteiger partial charge in [-0.15, -0.1) is 0 Å². The van der Waals surface area contributed by atoms with E-state index in [1.54, 1.807) is 18.2 Å². The molecular formula is C13H18N2O3S. The number of ether oxygens (including phenoxy) is 1. The molecule has 1 heterocycles. The van der Waals surface area contributed by atoms with Crippen LogP contribution in [0.15, 0.2) is 27.8 Å². The molecule has 19 heavy (non-hydrogen) atoms. The van der Waals surface area contributed by atoms with Gasteiger partial charge in [-0.3, -0.25) is 0 Å². The highest BCUT2D eigenvalue weighted by molar-refractivity contribution is 7.84. The zero-order valence-corrected chi connectivity index (χ0v) is 11.9. The summed E-state index contributed by atoms with van der Waals surface area (Å²) >= 11 is 0. The zero-order valence-electron chi connectivity index (χ0n) is 11.1. The van der Waals surface area contributed by atoms with Gasteiger partial charge in [-0.25, -0.2) is 9.19 Å². The van der Waals surface area contributed by atoms with Crippen molar-refractivity contribution in [3.63, 3.8) is 0 Å². The van der Waals surface area contributed by atoms with Gasteiger partial charge in [0.25, 0.3) is 5.22 Å². The molecule has 2 aromatic rings. The zero-order chi connectivity index (χ0) is 13.8. The molecule has 0 spiro atoms. The van der Waals surface area contributed by atoms with E-state index in [9.17, 15) is 4.21 Å². The monoisotopic (exact) mass is 282 g/mol. The van der Waals surface area contributed by atoms with Crippen LogP contribution < -0.4 is 5.73 Å². The van der Waals surface area contributed by atoms with Gasteiger partial charge in [0, 0.05) is 18.4 Å². The summed E-state index contributed by atoms with van der Waals surface area (Å²) in [6.45, 7) is 5.25. The van der Waals surface area contributed by atoms with Gasteiger partial charge in [0.1, 0.15) is 16.3 Å². The number of nitrogens with zero attached hydrogens (tertiary/aromatic N) is 1. The molecule has 0 amide bonds. The van der Waals surface area contributed by atoms with E-state index < -0.39 is 10.8 Å². The Morgan fingerprint density at radius 2 is 2.26 bits per heavy atom. The summed E-state index contributed by atoms with van der Waals surface area (Å²) in [6, 6.07) is 5.17. The van der Waals surface area contributed by atoms with Crippen LogP contribution in [0, 0.1) is 5.92 Å². The number of hydrogen-bond acceptors (Lipinski definition) is 5. The Kier molecular flexibility index (Phi) is 4.55. The Labute approximate surface area is 114 Å². The fraction of sp³-hybridized carbons (Fsp3) is 0.462. The number of nitrogen functional groups attached to an aromatic ring is 1. The van der Waals surface area contributed by atoms with Crippen molar-refractivity contribution in [2.75, 3.05) is 24.7 Å². The Balaban J connectivity index is 1.97. The van der Waals surface area contributed by atoms with E-state index in [-0.39, 0.29) is 5.22 Å². The summed E-state index contributed by atoms with van der Waals surface area (Å²) < 4.78 is 22.8. The van der Waals surface area contributed by atoms with Crippen molar-refractivity contribution < 1.29 is 13.4 Å². The third-order valence-electron chi connectivity index (χ3n) is 2.45. The van der Waals surface area contributed by atoms with Crippen molar-refractivity contribution in [2.45, 2.75) is 19.1 Å². The fourth-order valence-corrected chi connectivity index (χ4v) is 2.39. The van der Waals surface area contributed by atoms with Gasteiger partial charge >= 0.3 is 0 Å². The molecule has 1 atom stereocenters. The average Bonchev–Trinajstić information content (AvgIpc) is 2.77. The van der Waals surface area contributed by atoms with E-state index >= 15 is 0 Å². The number of benzene rings is 1. The van der Waals surface area contributed by atoms with Gasteiger partial charge in [-0.05, 0) is 18.1 Å². The molecule has 0 aliphatic heterocycles. The van der Waals surface area contributed by atoms with Crippen LogP contribution in [0.4, 0.5) is 5.69 Å². The summed E-state index contributed by atoms with van der Waals surface area (Å²) in [5, 5.41) is 0.230. The number of fused-ring (bicyclic) bond motifs is 1. The van der Waals surface area contributed by atoms with Crippen molar-refractivity contribution in [1.29, 1.82) is 0 Å². The maximum Gasteiger partial charge on any atom is 0.288 e. The number of nitrogens with two attached hydrogens (primary N) is 1. The molecular weight excluding hydrogens is 264 g/mol. The Hall–Kier alpha value is -1.40. The molecule has 0 saturated carbocycles. The summed E-state index contributed by atoms with van der Waals surface area (Å²) in [5.74, 6) is 0.857. The van der Waals surface area contributed by atoms with Gasteiger partial charge in [-0.2, -0.15) is 0 Å². The molecule has 0 bridgehead atoms. The standard InChI is InChI=1S/C13H18N2O3S/c1-9(2)8-17-5-6-19(16)13-15-11-4-3-10(14)7-12(11)18-13/h3-4,7,9H,5-6,8,14H2,1-2H3. The first-order chi connectivity index (χ1) is 9.06. The van der Waals surface area contributed by atoms with Crippen molar-refractivity contribution in [3.05, 3.63) is 18.2 Å². The maximum absolute atomic E-state index is 12.0. The first kappa shape index (κ1) is 14.0. The minimum atomic E-state index is -1.28. The minimum absolute atomic E-state index is 0.230. The molecule has 1 aromatic carbocycles. The molecule has 104 valence electrons. The highest BCUT2D eigenvalue weighted by atomic mass is 32.2. The molecule has 0 aliphatic carbocycles. The lowest BCUT2D eigenvalue weighted by Gasteiger charge is -2.05. The largest absolute Gasteiger partial charge is 0.430 e. The van der Waals surface area contributed by atoms with Crippen LogP contribution in [0.3, 0.4) is 0 Å². The van der Waals surface area contributed by atoms with Crippen molar-refractivity contribution in [2.24, 2.45) is 5.92 Å². The van der Waals surface area contributed by atoms with E-state index in [0.717, 1.165) is 0 Å². The molecule has 1 aromatic heterocycles. The number of rotatable bonds is 6. The Morgan fingerprint density at radius 1 is 1.47 bits per heavy atom. The van der Waals surface area contributed by atoms with Crippen molar-refractivity contribution in [1.82, 2.24) is 4.98 Å². The maximum atomic E-state index is 12.0. The van der Waals surface area contributed by atoms with Crippen LogP contribution in [0.1, 0.15) is 13.8 Å². The fourth-order valence-electron chi connectivity index (χ4n) is 1.56. The van der Waals surface area contributed by atoms with Crippen LogP contribution in [-0.4, -0.2) is 28.2 Å². The second-order valence-electron chi connectivity index (χ2n) is 4.73. The van der Waals surface area contributed by atoms with Crippen LogP contribution >= 0.6 is 0 Å². The number of oxazole rings is 1. The highest BCUT2D eigenvalue weighted by Gasteiger charge is 2.12. The van der Waals surface area contributed by atoms with Crippen LogP contribution in [0.25, 0.3) is 11.1 Å². The molecule has 0 saturated heterocycles. The van der Waals surface area contributed by atoms with Gasteiger partial charge in [0.15, 0.2) is 5.58 Å². The normalized spacial score (nSPS) is 13.2. The average molecular weight is 282 g/mol. The SMILES string of the molecule is CC(C)COCCS(=O)c1nc2ccc(N)cc2o1. The lowest BCUT2D eigenvalue weighted by molar-refractivity contribution is 0.123. The first-order valence-corrected chi connectivity index (χ1v) is 7.50. The lowest BCUT2D eigenvalue weighted by Crippen LogP contribution is -2.10. The topological polar surface area (TPSA) is 78.3 Å². The molecule has 0 aliphatic rings. The van der Waals surface area contributed by atoms with Crippen molar-refractivity contribution >= 4 is 27.6 Å². The minimum Gasteiger partial charge on any atom is -0.430 e. The van der Waals surface area contributed by atoms with Gasteiger partial charge < -0.3 is 14.9 Å². The smallest absolute Gasteiger partial charge is 0.288 e. The van der Waals surface area contributed by atoms with Crippen LogP contribution in [-0.2, 0) is 15.5 Å². The summed E-state index contributed by atoms with van der Waals surface area (Å²) in [7, 11) is -1.28. The van der Waals surface area contributed by atoms with Gasteiger partial charge in [-0.1, -0.05) is 13.8 Å². The van der Waals surface area contributed by atoms with E-state index in [2.05, 4.69) is 18.8 Å². The second-order valence-corrected chi connectivity index (χ2v) is 6.17.